The van der Waals surface area contributed by atoms with Crippen molar-refractivity contribution in [2.24, 2.45) is 0 Å². The molecule has 4 rings (SSSR count). The summed E-state index contributed by atoms with van der Waals surface area (Å²) in [6.45, 7) is 2.75. The van der Waals surface area contributed by atoms with Gasteiger partial charge >= 0.3 is 0 Å². The van der Waals surface area contributed by atoms with Gasteiger partial charge in [0, 0.05) is 39.1 Å². The van der Waals surface area contributed by atoms with Crippen LogP contribution in [-0.4, -0.2) is 40.6 Å². The predicted octanol–water partition coefficient (Wildman–Crippen LogP) is 3.20. The molecule has 1 fully saturated rings. The van der Waals surface area contributed by atoms with Crippen LogP contribution >= 0.6 is 0 Å². The van der Waals surface area contributed by atoms with Crippen molar-refractivity contribution in [1.29, 1.82) is 0 Å². The SMILES string of the molecule is COCCn1c([C@@H]2CC(=O)N(Cc3ccccc3)C2)nc2ccccc21. The zero-order valence-electron chi connectivity index (χ0n) is 15.0. The number of imidazole rings is 1. The van der Waals surface area contributed by atoms with Gasteiger partial charge in [0.05, 0.1) is 17.6 Å². The van der Waals surface area contributed by atoms with Crippen LogP contribution in [0.3, 0.4) is 0 Å². The third-order valence-electron chi connectivity index (χ3n) is 5.00. The van der Waals surface area contributed by atoms with E-state index in [1.54, 1.807) is 7.11 Å². The van der Waals surface area contributed by atoms with Crippen LogP contribution in [0.4, 0.5) is 0 Å². The number of aromatic nitrogens is 2. The second-order valence-electron chi connectivity index (χ2n) is 6.76. The van der Waals surface area contributed by atoms with Crippen LogP contribution in [0.1, 0.15) is 23.7 Å². The number of hydrogen-bond acceptors (Lipinski definition) is 3. The van der Waals surface area contributed by atoms with E-state index in [1.165, 1.54) is 0 Å². The molecule has 5 nitrogen and oxygen atoms in total. The van der Waals surface area contributed by atoms with Gasteiger partial charge in [-0.25, -0.2) is 4.98 Å². The third kappa shape index (κ3) is 3.22. The molecule has 1 aliphatic rings. The number of carbonyl (C=O) groups is 1. The van der Waals surface area contributed by atoms with E-state index in [2.05, 4.69) is 22.8 Å². The first kappa shape index (κ1) is 16.8. The molecule has 3 aromatic rings. The second-order valence-corrected chi connectivity index (χ2v) is 6.76. The number of rotatable bonds is 6. The van der Waals surface area contributed by atoms with Gasteiger partial charge in [-0.3, -0.25) is 4.79 Å². The van der Waals surface area contributed by atoms with Gasteiger partial charge in [0.1, 0.15) is 5.82 Å². The van der Waals surface area contributed by atoms with E-state index in [-0.39, 0.29) is 11.8 Å². The predicted molar refractivity (Wildman–Crippen MR) is 101 cm³/mol. The first-order valence-electron chi connectivity index (χ1n) is 9.02. The van der Waals surface area contributed by atoms with Crippen LogP contribution in [-0.2, 0) is 22.6 Å². The maximum absolute atomic E-state index is 12.6. The molecule has 0 unspecified atom stereocenters. The number of ether oxygens (including phenoxy) is 1. The van der Waals surface area contributed by atoms with E-state index in [0.717, 1.165) is 29.0 Å². The van der Waals surface area contributed by atoms with Crippen molar-refractivity contribution in [3.05, 3.63) is 66.0 Å². The Hall–Kier alpha value is -2.66. The summed E-state index contributed by atoms with van der Waals surface area (Å²) in [5.74, 6) is 1.31. The molecule has 0 radical (unpaired) electrons. The van der Waals surface area contributed by atoms with Gasteiger partial charge in [0.15, 0.2) is 0 Å². The van der Waals surface area contributed by atoms with Crippen LogP contribution in [0.2, 0.25) is 0 Å². The van der Waals surface area contributed by atoms with Gasteiger partial charge in [-0.2, -0.15) is 0 Å². The van der Waals surface area contributed by atoms with Crippen LogP contribution in [0.5, 0.6) is 0 Å². The van der Waals surface area contributed by atoms with Gasteiger partial charge in [0.25, 0.3) is 0 Å². The molecule has 1 aliphatic heterocycles. The smallest absolute Gasteiger partial charge is 0.223 e. The third-order valence-corrected chi connectivity index (χ3v) is 5.00. The summed E-state index contributed by atoms with van der Waals surface area (Å²) >= 11 is 0. The molecule has 1 amide bonds. The molecule has 0 saturated carbocycles. The van der Waals surface area contributed by atoms with E-state index < -0.39 is 0 Å². The number of amides is 1. The number of nitrogens with zero attached hydrogens (tertiary/aromatic N) is 3. The molecule has 0 N–H and O–H groups in total. The lowest BCUT2D eigenvalue weighted by Crippen LogP contribution is -2.24. The molecule has 26 heavy (non-hydrogen) atoms. The Bertz CT molecular complexity index is 904. The number of para-hydroxylation sites is 2. The van der Waals surface area contributed by atoms with Crippen molar-refractivity contribution in [2.75, 3.05) is 20.3 Å². The van der Waals surface area contributed by atoms with Crippen molar-refractivity contribution < 1.29 is 9.53 Å². The molecule has 1 aromatic heterocycles. The first-order chi connectivity index (χ1) is 12.8. The highest BCUT2D eigenvalue weighted by Crippen LogP contribution is 2.31. The minimum atomic E-state index is 0.121. The fourth-order valence-corrected chi connectivity index (χ4v) is 3.73. The van der Waals surface area contributed by atoms with Gasteiger partial charge in [0.2, 0.25) is 5.91 Å². The zero-order valence-corrected chi connectivity index (χ0v) is 15.0. The second kappa shape index (κ2) is 7.30. The molecular weight excluding hydrogens is 326 g/mol. The van der Waals surface area contributed by atoms with Gasteiger partial charge in [-0.05, 0) is 17.7 Å². The molecule has 1 saturated heterocycles. The Kier molecular flexibility index (Phi) is 4.71. The average Bonchev–Trinajstić information content (AvgIpc) is 3.21. The van der Waals surface area contributed by atoms with Gasteiger partial charge < -0.3 is 14.2 Å². The highest BCUT2D eigenvalue weighted by molar-refractivity contribution is 5.81. The lowest BCUT2D eigenvalue weighted by molar-refractivity contribution is -0.128. The largest absolute Gasteiger partial charge is 0.383 e. The fraction of sp³-hybridized carbons (Fsp3) is 0.333. The summed E-state index contributed by atoms with van der Waals surface area (Å²) in [7, 11) is 1.71. The summed E-state index contributed by atoms with van der Waals surface area (Å²) in [5, 5.41) is 0. The van der Waals surface area contributed by atoms with E-state index in [1.807, 2.05) is 41.3 Å². The Morgan fingerprint density at radius 1 is 1.12 bits per heavy atom. The fourth-order valence-electron chi connectivity index (χ4n) is 3.73. The summed E-state index contributed by atoms with van der Waals surface area (Å²) in [5.41, 5.74) is 3.25. The lowest BCUT2D eigenvalue weighted by Gasteiger charge is -2.17. The zero-order chi connectivity index (χ0) is 17.9. The number of methoxy groups -OCH3 is 1. The topological polar surface area (TPSA) is 47.4 Å². The van der Waals surface area contributed by atoms with Crippen molar-refractivity contribution in [2.45, 2.75) is 25.4 Å². The number of likely N-dealkylation sites (tertiary alicyclic amines) is 1. The summed E-state index contributed by atoms with van der Waals surface area (Å²) in [4.78, 5) is 19.4. The van der Waals surface area contributed by atoms with Gasteiger partial charge in [-0.15, -0.1) is 0 Å². The first-order valence-corrected chi connectivity index (χ1v) is 9.02. The maximum atomic E-state index is 12.6. The lowest BCUT2D eigenvalue weighted by atomic mass is 10.1. The summed E-state index contributed by atoms with van der Waals surface area (Å²) < 4.78 is 7.49. The normalized spacial score (nSPS) is 17.3. The molecule has 2 aromatic carbocycles. The van der Waals surface area contributed by atoms with E-state index in [0.29, 0.717) is 26.1 Å². The Morgan fingerprint density at radius 3 is 2.69 bits per heavy atom. The highest BCUT2D eigenvalue weighted by atomic mass is 16.5. The van der Waals surface area contributed by atoms with Crippen molar-refractivity contribution in [1.82, 2.24) is 14.5 Å². The van der Waals surface area contributed by atoms with E-state index in [9.17, 15) is 4.79 Å². The van der Waals surface area contributed by atoms with Crippen LogP contribution in [0.25, 0.3) is 11.0 Å². The molecule has 2 heterocycles. The van der Waals surface area contributed by atoms with E-state index >= 15 is 0 Å². The minimum Gasteiger partial charge on any atom is -0.383 e. The Morgan fingerprint density at radius 2 is 1.88 bits per heavy atom. The minimum absolute atomic E-state index is 0.121. The van der Waals surface area contributed by atoms with Crippen LogP contribution in [0.15, 0.2) is 54.6 Å². The molecule has 0 bridgehead atoms. The average molecular weight is 349 g/mol. The van der Waals surface area contributed by atoms with Gasteiger partial charge in [-0.1, -0.05) is 42.5 Å². The molecule has 5 heteroatoms. The molecule has 1 atom stereocenters. The Balaban J connectivity index is 1.60. The van der Waals surface area contributed by atoms with Crippen LogP contribution < -0.4 is 0 Å². The molecule has 0 aliphatic carbocycles. The number of benzene rings is 2. The number of carbonyl (C=O) groups excluding carboxylic acids is 1. The van der Waals surface area contributed by atoms with Crippen LogP contribution in [0, 0.1) is 0 Å². The standard InChI is InChI=1S/C21H23N3O2/c1-26-12-11-24-19-10-6-5-9-18(19)22-21(24)17-13-20(25)23(15-17)14-16-7-3-2-4-8-16/h2-10,17H,11-15H2,1H3/t17-/m1/s1. The number of hydrogen-bond donors (Lipinski definition) is 0. The molecule has 0 spiro atoms. The van der Waals surface area contributed by atoms with Crippen molar-refractivity contribution in [3.8, 4) is 0 Å². The number of fused-ring (bicyclic) bond motifs is 1. The quantitative estimate of drug-likeness (QED) is 0.687. The molecule has 134 valence electrons. The van der Waals surface area contributed by atoms with E-state index in [4.69, 9.17) is 9.72 Å². The molecular formula is C21H23N3O2. The summed E-state index contributed by atoms with van der Waals surface area (Å²) in [6.07, 6.45) is 0.517. The van der Waals surface area contributed by atoms with Crippen molar-refractivity contribution >= 4 is 16.9 Å². The highest BCUT2D eigenvalue weighted by Gasteiger charge is 2.33. The Labute approximate surface area is 153 Å². The summed E-state index contributed by atoms with van der Waals surface area (Å²) in [6, 6.07) is 18.3. The maximum Gasteiger partial charge on any atom is 0.223 e. The monoisotopic (exact) mass is 349 g/mol. The van der Waals surface area contributed by atoms with Crippen molar-refractivity contribution in [3.63, 3.8) is 0 Å².